The number of alkyl halides is 2. The molecule has 0 saturated heterocycles. The number of nitrogens with zero attached hydrogens (tertiary/aromatic N) is 5. The molecule has 5 aromatic rings. The molecule has 4 N–H and O–H groups in total. The Labute approximate surface area is 208 Å². The van der Waals surface area contributed by atoms with E-state index in [0.29, 0.717) is 33.7 Å². The minimum absolute atomic E-state index is 0.00543. The summed E-state index contributed by atoms with van der Waals surface area (Å²) in [6.45, 7) is 0.408. The predicted octanol–water partition coefficient (Wildman–Crippen LogP) is 5.19. The number of hydrogen-bond donors (Lipinski definition) is 2. The number of halogens is 3. The van der Waals surface area contributed by atoms with Crippen LogP contribution in [0.15, 0.2) is 54.9 Å². The Hall–Kier alpha value is -4.87. The van der Waals surface area contributed by atoms with Gasteiger partial charge in [-0.3, -0.25) is 0 Å². The largest absolute Gasteiger partial charge is 0.434 e. The second kappa shape index (κ2) is 9.30. The standard InChI is InChI=1S/C25H20F3N7O2/c1-12-7-8-31-25(33-12)37-19-6-4-15(10-17(19)26)35-18-11-32-24(30)34-21(18)13(2)22(35)16-5-3-14(29)9-20(16)36-23(27)28/h3-11,23H,29H2,1-2H3,(H2,30,32,34). The van der Waals surface area contributed by atoms with E-state index in [0.717, 1.165) is 0 Å². The van der Waals surface area contributed by atoms with Gasteiger partial charge in [0.1, 0.15) is 5.75 Å². The van der Waals surface area contributed by atoms with Gasteiger partial charge in [0, 0.05) is 46.5 Å². The number of ether oxygens (including phenoxy) is 2. The van der Waals surface area contributed by atoms with Crippen molar-refractivity contribution in [2.75, 3.05) is 11.5 Å². The number of nitrogens with two attached hydrogens (primary N) is 2. The van der Waals surface area contributed by atoms with E-state index < -0.39 is 12.4 Å². The second-order valence-electron chi connectivity index (χ2n) is 8.10. The fourth-order valence-corrected chi connectivity index (χ4v) is 4.03. The van der Waals surface area contributed by atoms with E-state index in [-0.39, 0.29) is 34.7 Å². The fourth-order valence-electron chi connectivity index (χ4n) is 4.03. The number of anilines is 2. The second-order valence-corrected chi connectivity index (χ2v) is 8.10. The van der Waals surface area contributed by atoms with Gasteiger partial charge in [0.2, 0.25) is 5.95 Å². The maximum absolute atomic E-state index is 15.2. The highest BCUT2D eigenvalue weighted by molar-refractivity contribution is 5.92. The van der Waals surface area contributed by atoms with Crippen LogP contribution in [0.3, 0.4) is 0 Å². The molecule has 0 atom stereocenters. The molecule has 0 fully saturated rings. The molecule has 37 heavy (non-hydrogen) atoms. The molecular weight excluding hydrogens is 487 g/mol. The zero-order valence-electron chi connectivity index (χ0n) is 19.6. The SMILES string of the molecule is Cc1ccnc(Oc2ccc(-n3c(-c4ccc(N)cc4OC(F)F)c(C)c4nc(N)ncc43)cc2F)n1. The first-order chi connectivity index (χ1) is 17.7. The van der Waals surface area contributed by atoms with Crippen LogP contribution in [0, 0.1) is 19.7 Å². The van der Waals surface area contributed by atoms with Gasteiger partial charge in [0.05, 0.1) is 22.9 Å². The number of fused-ring (bicyclic) bond motifs is 1. The summed E-state index contributed by atoms with van der Waals surface area (Å²) in [5.41, 5.74) is 15.1. The van der Waals surface area contributed by atoms with Crippen LogP contribution < -0.4 is 20.9 Å². The number of hydrogen-bond acceptors (Lipinski definition) is 8. The van der Waals surface area contributed by atoms with E-state index in [2.05, 4.69) is 19.9 Å². The highest BCUT2D eigenvalue weighted by atomic mass is 19.3. The van der Waals surface area contributed by atoms with E-state index in [9.17, 15) is 8.78 Å². The van der Waals surface area contributed by atoms with E-state index in [4.69, 9.17) is 20.9 Å². The number of aryl methyl sites for hydroxylation is 2. The summed E-state index contributed by atoms with van der Waals surface area (Å²) in [4.78, 5) is 16.5. The quantitative estimate of drug-likeness (QED) is 0.301. The van der Waals surface area contributed by atoms with Crippen LogP contribution in [-0.4, -0.2) is 31.1 Å². The van der Waals surface area contributed by atoms with Crippen LogP contribution in [0.1, 0.15) is 11.3 Å². The van der Waals surface area contributed by atoms with Crippen molar-refractivity contribution in [1.29, 1.82) is 0 Å². The number of rotatable bonds is 6. The monoisotopic (exact) mass is 507 g/mol. The van der Waals surface area contributed by atoms with Gasteiger partial charge < -0.3 is 25.5 Å². The Balaban J connectivity index is 1.70. The Kier molecular flexibility index (Phi) is 5.99. The summed E-state index contributed by atoms with van der Waals surface area (Å²) in [5, 5.41) is 0. The number of benzene rings is 2. The molecular formula is C25H20F3N7O2. The van der Waals surface area contributed by atoms with E-state index in [1.807, 2.05) is 0 Å². The third-order valence-corrected chi connectivity index (χ3v) is 5.59. The molecule has 0 bridgehead atoms. The lowest BCUT2D eigenvalue weighted by molar-refractivity contribution is -0.0494. The molecule has 0 saturated carbocycles. The topological polar surface area (TPSA) is 127 Å². The Morgan fingerprint density at radius 3 is 2.49 bits per heavy atom. The van der Waals surface area contributed by atoms with E-state index in [1.54, 1.807) is 42.7 Å². The third kappa shape index (κ3) is 4.56. The maximum Gasteiger partial charge on any atom is 0.387 e. The molecule has 188 valence electrons. The third-order valence-electron chi connectivity index (χ3n) is 5.59. The molecule has 3 heterocycles. The highest BCUT2D eigenvalue weighted by Gasteiger charge is 2.24. The molecule has 5 rings (SSSR count). The van der Waals surface area contributed by atoms with Crippen molar-refractivity contribution in [1.82, 2.24) is 24.5 Å². The van der Waals surface area contributed by atoms with Gasteiger partial charge in [-0.05, 0) is 44.2 Å². The molecule has 0 amide bonds. The average Bonchev–Trinajstić information content (AvgIpc) is 3.12. The molecule has 0 radical (unpaired) electrons. The molecule has 9 nitrogen and oxygen atoms in total. The zero-order chi connectivity index (χ0) is 26.3. The van der Waals surface area contributed by atoms with Crippen LogP contribution in [0.4, 0.5) is 24.8 Å². The van der Waals surface area contributed by atoms with Crippen LogP contribution in [-0.2, 0) is 0 Å². The fraction of sp³-hybridized carbons (Fsp3) is 0.120. The molecule has 2 aromatic carbocycles. The van der Waals surface area contributed by atoms with Gasteiger partial charge in [0.15, 0.2) is 11.6 Å². The normalized spacial score (nSPS) is 11.3. The summed E-state index contributed by atoms with van der Waals surface area (Å²) in [6, 6.07) is 10.3. The summed E-state index contributed by atoms with van der Waals surface area (Å²) in [7, 11) is 0. The Morgan fingerprint density at radius 1 is 0.946 bits per heavy atom. The van der Waals surface area contributed by atoms with Crippen molar-refractivity contribution >= 4 is 22.7 Å². The molecule has 0 unspecified atom stereocenters. The van der Waals surface area contributed by atoms with Crippen LogP contribution >= 0.6 is 0 Å². The highest BCUT2D eigenvalue weighted by Crippen LogP contribution is 2.41. The maximum atomic E-state index is 15.2. The molecule has 0 spiro atoms. The first-order valence-electron chi connectivity index (χ1n) is 11.0. The van der Waals surface area contributed by atoms with Gasteiger partial charge in [-0.1, -0.05) is 0 Å². The van der Waals surface area contributed by atoms with Crippen molar-refractivity contribution in [3.8, 4) is 34.5 Å². The minimum atomic E-state index is -3.09. The van der Waals surface area contributed by atoms with Gasteiger partial charge in [-0.15, -0.1) is 0 Å². The van der Waals surface area contributed by atoms with Crippen molar-refractivity contribution < 1.29 is 22.6 Å². The van der Waals surface area contributed by atoms with Crippen LogP contribution in [0.5, 0.6) is 17.5 Å². The summed E-state index contributed by atoms with van der Waals surface area (Å²) >= 11 is 0. The van der Waals surface area contributed by atoms with E-state index >= 15 is 4.39 Å². The Morgan fingerprint density at radius 2 is 1.76 bits per heavy atom. The number of aromatic nitrogens is 5. The molecule has 3 aromatic heterocycles. The zero-order valence-corrected chi connectivity index (χ0v) is 19.6. The van der Waals surface area contributed by atoms with Crippen LogP contribution in [0.25, 0.3) is 28.0 Å². The van der Waals surface area contributed by atoms with Crippen molar-refractivity contribution in [3.63, 3.8) is 0 Å². The van der Waals surface area contributed by atoms with Gasteiger partial charge in [0.25, 0.3) is 0 Å². The predicted molar refractivity (Wildman–Crippen MR) is 131 cm³/mol. The average molecular weight is 507 g/mol. The van der Waals surface area contributed by atoms with Crippen molar-refractivity contribution in [2.45, 2.75) is 20.5 Å². The van der Waals surface area contributed by atoms with Crippen LogP contribution in [0.2, 0.25) is 0 Å². The van der Waals surface area contributed by atoms with Crippen molar-refractivity contribution in [2.24, 2.45) is 0 Å². The first kappa shape index (κ1) is 23.9. The summed E-state index contributed by atoms with van der Waals surface area (Å²) in [6.07, 6.45) is 2.98. The lowest BCUT2D eigenvalue weighted by atomic mass is 10.1. The first-order valence-corrected chi connectivity index (χ1v) is 11.0. The van der Waals surface area contributed by atoms with Gasteiger partial charge in [-0.2, -0.15) is 8.78 Å². The lowest BCUT2D eigenvalue weighted by Crippen LogP contribution is -2.06. The smallest absolute Gasteiger partial charge is 0.387 e. The molecule has 12 heteroatoms. The van der Waals surface area contributed by atoms with Gasteiger partial charge >= 0.3 is 12.6 Å². The van der Waals surface area contributed by atoms with Crippen molar-refractivity contribution in [3.05, 3.63) is 71.9 Å². The van der Waals surface area contributed by atoms with Gasteiger partial charge in [-0.25, -0.2) is 24.3 Å². The molecule has 0 aliphatic rings. The molecule has 0 aliphatic heterocycles. The summed E-state index contributed by atoms with van der Waals surface area (Å²) in [5.74, 6) is -0.932. The number of nitrogen functional groups attached to an aromatic ring is 2. The summed E-state index contributed by atoms with van der Waals surface area (Å²) < 4.78 is 53.7. The molecule has 0 aliphatic carbocycles. The minimum Gasteiger partial charge on any atom is -0.434 e. The van der Waals surface area contributed by atoms with E-state index in [1.165, 1.54) is 30.6 Å². The lowest BCUT2D eigenvalue weighted by Gasteiger charge is -2.16. The Bertz CT molecular complexity index is 1640.